The van der Waals surface area contributed by atoms with Gasteiger partial charge in [-0.15, -0.1) is 6.58 Å². The summed E-state index contributed by atoms with van der Waals surface area (Å²) in [5.74, 6) is -0.281. The second-order valence-corrected chi connectivity index (χ2v) is 4.07. The molecule has 4 heteroatoms. The highest BCUT2D eigenvalue weighted by molar-refractivity contribution is 5.69. The number of rotatable bonds is 4. The van der Waals surface area contributed by atoms with Gasteiger partial charge in [0.25, 0.3) is 0 Å². The van der Waals surface area contributed by atoms with Gasteiger partial charge in [-0.2, -0.15) is 0 Å². The van der Waals surface area contributed by atoms with Gasteiger partial charge in [-0.05, 0) is 13.3 Å². The molecule has 0 radical (unpaired) electrons. The molecule has 1 fully saturated rings. The van der Waals surface area contributed by atoms with Crippen LogP contribution in [0.25, 0.3) is 0 Å². The fourth-order valence-electron chi connectivity index (χ4n) is 1.81. The van der Waals surface area contributed by atoms with Gasteiger partial charge >= 0.3 is 5.97 Å². The van der Waals surface area contributed by atoms with Crippen molar-refractivity contribution in [2.75, 3.05) is 7.11 Å². The summed E-state index contributed by atoms with van der Waals surface area (Å²) in [6.07, 6.45) is 2.50. The molecule has 1 saturated heterocycles. The molecule has 86 valence electrons. The van der Waals surface area contributed by atoms with E-state index in [1.165, 1.54) is 7.11 Å². The average molecular weight is 214 g/mol. The Kier molecular flexibility index (Phi) is 3.88. The number of hydrogen-bond donors (Lipinski definition) is 1. The molecule has 0 aromatic rings. The summed E-state index contributed by atoms with van der Waals surface area (Å²) in [5.41, 5.74) is -0.882. The predicted octanol–water partition coefficient (Wildman–Crippen LogP) is 1.03. The summed E-state index contributed by atoms with van der Waals surface area (Å²) in [6, 6.07) is 0. The second kappa shape index (κ2) is 4.77. The summed E-state index contributed by atoms with van der Waals surface area (Å²) in [6.45, 7) is 5.35. The Morgan fingerprint density at radius 1 is 1.80 bits per heavy atom. The fraction of sp³-hybridized carbons (Fsp3) is 0.727. The molecule has 0 spiro atoms. The molecular formula is C11H18O4. The van der Waals surface area contributed by atoms with Crippen LogP contribution >= 0.6 is 0 Å². The van der Waals surface area contributed by atoms with Crippen LogP contribution in [0.15, 0.2) is 12.7 Å². The maximum atomic E-state index is 11.0. The minimum atomic E-state index is -0.882. The van der Waals surface area contributed by atoms with Gasteiger partial charge in [-0.25, -0.2) is 0 Å². The van der Waals surface area contributed by atoms with Gasteiger partial charge in [0.15, 0.2) is 0 Å². The molecule has 0 saturated carbocycles. The summed E-state index contributed by atoms with van der Waals surface area (Å²) in [5, 5.41) is 10.0. The number of ether oxygens (including phenoxy) is 2. The zero-order valence-electron chi connectivity index (χ0n) is 9.23. The third kappa shape index (κ3) is 3.04. The van der Waals surface area contributed by atoms with E-state index in [1.807, 2.05) is 0 Å². The Morgan fingerprint density at radius 2 is 2.47 bits per heavy atom. The summed E-state index contributed by atoms with van der Waals surface area (Å²) >= 11 is 0. The molecule has 1 rings (SSSR count). The molecule has 0 aromatic carbocycles. The Balaban J connectivity index is 2.47. The minimum absolute atomic E-state index is 0.123. The highest BCUT2D eigenvalue weighted by Crippen LogP contribution is 2.33. The maximum absolute atomic E-state index is 11.0. The molecule has 15 heavy (non-hydrogen) atoms. The van der Waals surface area contributed by atoms with Crippen molar-refractivity contribution < 1.29 is 19.4 Å². The zero-order chi connectivity index (χ0) is 11.5. The van der Waals surface area contributed by atoms with Crippen LogP contribution in [-0.4, -0.2) is 36.0 Å². The molecular weight excluding hydrogens is 196 g/mol. The van der Waals surface area contributed by atoms with Crippen LogP contribution in [0, 0.1) is 0 Å². The van der Waals surface area contributed by atoms with Gasteiger partial charge in [-0.3, -0.25) is 4.79 Å². The van der Waals surface area contributed by atoms with Crippen LogP contribution in [0.3, 0.4) is 0 Å². The molecule has 0 unspecified atom stereocenters. The number of aliphatic hydroxyl groups is 1. The number of carbonyl (C=O) groups is 1. The molecule has 0 aliphatic carbocycles. The van der Waals surface area contributed by atoms with Gasteiger partial charge in [0.1, 0.15) is 0 Å². The quantitative estimate of drug-likeness (QED) is 0.561. The third-order valence-corrected chi connectivity index (χ3v) is 2.75. The predicted molar refractivity (Wildman–Crippen MR) is 55.3 cm³/mol. The highest BCUT2D eigenvalue weighted by Gasteiger charge is 2.42. The lowest BCUT2D eigenvalue weighted by molar-refractivity contribution is -0.142. The van der Waals surface area contributed by atoms with Crippen molar-refractivity contribution in [2.45, 2.75) is 44.0 Å². The van der Waals surface area contributed by atoms with Crippen LogP contribution in [0.2, 0.25) is 0 Å². The minimum Gasteiger partial charge on any atom is -0.469 e. The maximum Gasteiger partial charge on any atom is 0.305 e. The van der Waals surface area contributed by atoms with E-state index in [1.54, 1.807) is 13.0 Å². The number of esters is 1. The summed E-state index contributed by atoms with van der Waals surface area (Å²) in [7, 11) is 1.35. The van der Waals surface area contributed by atoms with Gasteiger partial charge in [0.05, 0.1) is 24.9 Å². The Morgan fingerprint density at radius 3 is 2.93 bits per heavy atom. The fourth-order valence-corrected chi connectivity index (χ4v) is 1.81. The van der Waals surface area contributed by atoms with Crippen LogP contribution in [0.5, 0.6) is 0 Å². The van der Waals surface area contributed by atoms with E-state index in [0.29, 0.717) is 12.8 Å². The first kappa shape index (κ1) is 12.2. The van der Waals surface area contributed by atoms with Crippen molar-refractivity contribution in [1.82, 2.24) is 0 Å². The number of hydrogen-bond acceptors (Lipinski definition) is 4. The van der Waals surface area contributed by atoms with E-state index in [4.69, 9.17) is 4.74 Å². The van der Waals surface area contributed by atoms with Gasteiger partial charge < -0.3 is 14.6 Å². The molecule has 0 amide bonds. The first-order chi connectivity index (χ1) is 6.99. The Labute approximate surface area is 89.9 Å². The zero-order valence-corrected chi connectivity index (χ0v) is 9.23. The molecule has 3 atom stereocenters. The molecule has 1 aliphatic rings. The standard InChI is InChI=1S/C11H18O4/c1-4-8-7-11(2,13)9(15-8)5-6-10(12)14-3/h4,8-9,13H,1,5-7H2,2-3H3/t8-,9+,11+/m0/s1. The molecule has 1 aliphatic heterocycles. The lowest BCUT2D eigenvalue weighted by atomic mass is 9.93. The molecule has 4 nitrogen and oxygen atoms in total. The van der Waals surface area contributed by atoms with Crippen molar-refractivity contribution >= 4 is 5.97 Å². The van der Waals surface area contributed by atoms with E-state index in [-0.39, 0.29) is 24.6 Å². The smallest absolute Gasteiger partial charge is 0.305 e. The molecule has 1 N–H and O–H groups in total. The third-order valence-electron chi connectivity index (χ3n) is 2.75. The van der Waals surface area contributed by atoms with Gasteiger partial charge in [0, 0.05) is 12.8 Å². The van der Waals surface area contributed by atoms with Crippen LogP contribution in [-0.2, 0) is 14.3 Å². The highest BCUT2D eigenvalue weighted by atomic mass is 16.5. The normalized spacial score (nSPS) is 35.1. The van der Waals surface area contributed by atoms with Crippen molar-refractivity contribution in [3.63, 3.8) is 0 Å². The van der Waals surface area contributed by atoms with Crippen molar-refractivity contribution in [3.8, 4) is 0 Å². The Bertz CT molecular complexity index is 247. The average Bonchev–Trinajstić information content (AvgIpc) is 2.49. The number of methoxy groups -OCH3 is 1. The molecule has 0 bridgehead atoms. The first-order valence-corrected chi connectivity index (χ1v) is 5.07. The largest absolute Gasteiger partial charge is 0.469 e. The number of carbonyl (C=O) groups excluding carboxylic acids is 1. The lowest BCUT2D eigenvalue weighted by Gasteiger charge is -2.23. The second-order valence-electron chi connectivity index (χ2n) is 4.07. The van der Waals surface area contributed by atoms with Crippen molar-refractivity contribution in [2.24, 2.45) is 0 Å². The van der Waals surface area contributed by atoms with E-state index in [2.05, 4.69) is 11.3 Å². The molecule has 1 heterocycles. The summed E-state index contributed by atoms with van der Waals surface area (Å²) in [4.78, 5) is 11.0. The van der Waals surface area contributed by atoms with Crippen LogP contribution < -0.4 is 0 Å². The van der Waals surface area contributed by atoms with Crippen LogP contribution in [0.4, 0.5) is 0 Å². The molecule has 0 aromatic heterocycles. The van der Waals surface area contributed by atoms with E-state index >= 15 is 0 Å². The van der Waals surface area contributed by atoms with E-state index in [0.717, 1.165) is 0 Å². The monoisotopic (exact) mass is 214 g/mol. The Hall–Kier alpha value is -0.870. The van der Waals surface area contributed by atoms with Crippen LogP contribution in [0.1, 0.15) is 26.2 Å². The SMILES string of the molecule is C=C[C@H]1C[C@@](C)(O)[C@@H](CCC(=O)OC)O1. The van der Waals surface area contributed by atoms with E-state index in [9.17, 15) is 9.90 Å². The van der Waals surface area contributed by atoms with Gasteiger partial charge in [0.2, 0.25) is 0 Å². The first-order valence-electron chi connectivity index (χ1n) is 5.07. The topological polar surface area (TPSA) is 55.8 Å². The van der Waals surface area contributed by atoms with Crippen molar-refractivity contribution in [1.29, 1.82) is 0 Å². The van der Waals surface area contributed by atoms with E-state index < -0.39 is 5.60 Å². The van der Waals surface area contributed by atoms with Gasteiger partial charge in [-0.1, -0.05) is 6.08 Å². The summed E-state index contributed by atoms with van der Waals surface area (Å²) < 4.78 is 10.1. The lowest BCUT2D eigenvalue weighted by Crippen LogP contribution is -2.34. The van der Waals surface area contributed by atoms with Crippen molar-refractivity contribution in [3.05, 3.63) is 12.7 Å².